The molecule has 0 aliphatic heterocycles. The Hall–Kier alpha value is -1.88. The third kappa shape index (κ3) is 6.72. The average Bonchev–Trinajstić information content (AvgIpc) is 2.47. The van der Waals surface area contributed by atoms with Gasteiger partial charge in [-0.05, 0) is 37.5 Å². The van der Waals surface area contributed by atoms with Crippen molar-refractivity contribution in [3.63, 3.8) is 0 Å². The van der Waals surface area contributed by atoms with Crippen LogP contribution in [0.2, 0.25) is 0 Å². The lowest BCUT2D eigenvalue weighted by atomic mass is 10.2. The zero-order valence-corrected chi connectivity index (χ0v) is 13.7. The molecule has 22 heavy (non-hydrogen) atoms. The molecule has 0 saturated heterocycles. The van der Waals surface area contributed by atoms with Gasteiger partial charge in [-0.15, -0.1) is 0 Å². The molecule has 1 aromatic rings. The van der Waals surface area contributed by atoms with E-state index in [1.54, 1.807) is 4.90 Å². The van der Waals surface area contributed by atoms with Gasteiger partial charge in [0.25, 0.3) is 0 Å². The van der Waals surface area contributed by atoms with Gasteiger partial charge in [0, 0.05) is 18.8 Å². The van der Waals surface area contributed by atoms with Crippen LogP contribution in [0, 0.1) is 6.92 Å². The summed E-state index contributed by atoms with van der Waals surface area (Å²) in [6.07, 6.45) is 1.83. The number of amides is 2. The number of anilines is 1. The van der Waals surface area contributed by atoms with Crippen LogP contribution in [-0.2, 0) is 14.3 Å². The first-order chi connectivity index (χ1) is 10.6. The minimum atomic E-state index is -0.254. The summed E-state index contributed by atoms with van der Waals surface area (Å²) >= 11 is 0. The maximum atomic E-state index is 12.0. The molecule has 0 atom stereocenters. The summed E-state index contributed by atoms with van der Waals surface area (Å²) in [4.78, 5) is 25.5. The lowest BCUT2D eigenvalue weighted by Gasteiger charge is -2.21. The maximum absolute atomic E-state index is 12.0. The largest absolute Gasteiger partial charge is 0.362 e. The number of carbonyl (C=O) groups is 2. The van der Waals surface area contributed by atoms with E-state index >= 15 is 0 Å². The van der Waals surface area contributed by atoms with Gasteiger partial charge in [-0.1, -0.05) is 26.0 Å². The Morgan fingerprint density at radius 3 is 2.41 bits per heavy atom. The summed E-state index contributed by atoms with van der Waals surface area (Å²) in [6, 6.07) is 7.54. The summed E-state index contributed by atoms with van der Waals surface area (Å²) < 4.78 is 5.23. The molecule has 0 fully saturated rings. The third-order valence-electron chi connectivity index (χ3n) is 3.10. The summed E-state index contributed by atoms with van der Waals surface area (Å²) in [6.45, 7) is 7.31. The molecule has 2 amide bonds. The number of hydrogen-bond donors (Lipinski definition) is 1. The summed E-state index contributed by atoms with van der Waals surface area (Å²) in [5, 5.41) is 2.75. The van der Waals surface area contributed by atoms with Crippen molar-refractivity contribution in [3.05, 3.63) is 29.8 Å². The van der Waals surface area contributed by atoms with Gasteiger partial charge in [-0.25, -0.2) is 0 Å². The Bertz CT molecular complexity index is 483. The van der Waals surface area contributed by atoms with Crippen molar-refractivity contribution >= 4 is 17.5 Å². The standard InChI is InChI=1S/C17H26N2O3/c1-4-9-19(10-5-2)17(21)13-22-12-16(20)18-15-8-6-7-14(3)11-15/h6-8,11H,4-5,9-10,12-13H2,1-3H3,(H,18,20). The van der Waals surface area contributed by atoms with Crippen molar-refractivity contribution in [1.29, 1.82) is 0 Å². The second-order valence-corrected chi connectivity index (χ2v) is 5.29. The van der Waals surface area contributed by atoms with Gasteiger partial charge in [0.05, 0.1) is 0 Å². The molecule has 5 nitrogen and oxygen atoms in total. The Labute approximate surface area is 132 Å². The van der Waals surface area contributed by atoms with Crippen LogP contribution in [0.4, 0.5) is 5.69 Å². The number of ether oxygens (including phenoxy) is 1. The fourth-order valence-electron chi connectivity index (χ4n) is 2.14. The van der Waals surface area contributed by atoms with Gasteiger partial charge >= 0.3 is 0 Å². The predicted octanol–water partition coefficient (Wildman–Crippen LogP) is 2.60. The molecular formula is C17H26N2O3. The second-order valence-electron chi connectivity index (χ2n) is 5.29. The molecule has 0 unspecified atom stereocenters. The van der Waals surface area contributed by atoms with Crippen LogP contribution in [0.15, 0.2) is 24.3 Å². The van der Waals surface area contributed by atoms with Crippen molar-refractivity contribution in [2.45, 2.75) is 33.6 Å². The molecule has 0 saturated carbocycles. The van der Waals surface area contributed by atoms with Crippen LogP contribution in [-0.4, -0.2) is 43.0 Å². The molecule has 5 heteroatoms. The van der Waals surface area contributed by atoms with Crippen molar-refractivity contribution in [2.24, 2.45) is 0 Å². The Balaban J connectivity index is 2.33. The van der Waals surface area contributed by atoms with Crippen molar-refractivity contribution in [1.82, 2.24) is 4.90 Å². The molecule has 0 heterocycles. The Morgan fingerprint density at radius 1 is 1.14 bits per heavy atom. The molecule has 0 aliphatic rings. The average molecular weight is 306 g/mol. The number of aryl methyl sites for hydroxylation is 1. The Kier molecular flexibility index (Phi) is 8.22. The minimum absolute atomic E-state index is 0.0543. The van der Waals surface area contributed by atoms with E-state index in [4.69, 9.17) is 4.74 Å². The van der Waals surface area contributed by atoms with Crippen molar-refractivity contribution < 1.29 is 14.3 Å². The molecule has 122 valence electrons. The fraction of sp³-hybridized carbons (Fsp3) is 0.529. The quantitative estimate of drug-likeness (QED) is 0.763. The lowest BCUT2D eigenvalue weighted by Crippen LogP contribution is -2.36. The van der Waals surface area contributed by atoms with Crippen LogP contribution in [0.5, 0.6) is 0 Å². The summed E-state index contributed by atoms with van der Waals surface area (Å²) in [5.74, 6) is -0.317. The van der Waals surface area contributed by atoms with E-state index in [1.807, 2.05) is 45.0 Å². The monoisotopic (exact) mass is 306 g/mol. The predicted molar refractivity (Wildman–Crippen MR) is 87.8 cm³/mol. The number of benzene rings is 1. The van der Waals surface area contributed by atoms with E-state index < -0.39 is 0 Å². The van der Waals surface area contributed by atoms with Crippen LogP contribution < -0.4 is 5.32 Å². The lowest BCUT2D eigenvalue weighted by molar-refractivity contribution is -0.137. The smallest absolute Gasteiger partial charge is 0.250 e. The molecule has 1 N–H and O–H groups in total. The number of rotatable bonds is 9. The van der Waals surface area contributed by atoms with Gasteiger partial charge in [0.15, 0.2) is 0 Å². The Morgan fingerprint density at radius 2 is 1.82 bits per heavy atom. The molecule has 0 aliphatic carbocycles. The van der Waals surface area contributed by atoms with E-state index in [0.717, 1.165) is 37.2 Å². The second kappa shape index (κ2) is 9.95. The van der Waals surface area contributed by atoms with Gasteiger partial charge in [0.2, 0.25) is 11.8 Å². The van der Waals surface area contributed by atoms with Gasteiger partial charge in [-0.3, -0.25) is 9.59 Å². The number of hydrogen-bond acceptors (Lipinski definition) is 3. The highest BCUT2D eigenvalue weighted by molar-refractivity contribution is 5.92. The first-order valence-corrected chi connectivity index (χ1v) is 7.78. The van der Waals surface area contributed by atoms with E-state index in [-0.39, 0.29) is 25.0 Å². The molecule has 1 rings (SSSR count). The fourth-order valence-corrected chi connectivity index (χ4v) is 2.14. The van der Waals surface area contributed by atoms with E-state index in [9.17, 15) is 9.59 Å². The van der Waals surface area contributed by atoms with Crippen molar-refractivity contribution in [3.8, 4) is 0 Å². The highest BCUT2D eigenvalue weighted by atomic mass is 16.5. The number of nitrogens with zero attached hydrogens (tertiary/aromatic N) is 1. The third-order valence-corrected chi connectivity index (χ3v) is 3.10. The first kappa shape index (κ1) is 18.2. The maximum Gasteiger partial charge on any atom is 0.250 e. The number of nitrogens with one attached hydrogen (secondary N) is 1. The molecule has 0 bridgehead atoms. The minimum Gasteiger partial charge on any atom is -0.362 e. The first-order valence-electron chi connectivity index (χ1n) is 7.78. The van der Waals surface area contributed by atoms with E-state index in [1.165, 1.54) is 0 Å². The zero-order chi connectivity index (χ0) is 16.4. The van der Waals surface area contributed by atoms with Crippen LogP contribution in [0.25, 0.3) is 0 Å². The molecule has 0 radical (unpaired) electrons. The van der Waals surface area contributed by atoms with E-state index in [0.29, 0.717) is 0 Å². The number of carbonyl (C=O) groups excluding carboxylic acids is 2. The summed E-state index contributed by atoms with van der Waals surface area (Å²) in [5.41, 5.74) is 1.81. The topological polar surface area (TPSA) is 58.6 Å². The van der Waals surface area contributed by atoms with Crippen LogP contribution in [0.1, 0.15) is 32.3 Å². The molecule has 1 aromatic carbocycles. The molecule has 0 spiro atoms. The highest BCUT2D eigenvalue weighted by Gasteiger charge is 2.12. The van der Waals surface area contributed by atoms with Crippen LogP contribution in [0.3, 0.4) is 0 Å². The van der Waals surface area contributed by atoms with E-state index in [2.05, 4.69) is 5.32 Å². The molecular weight excluding hydrogens is 280 g/mol. The van der Waals surface area contributed by atoms with Crippen LogP contribution >= 0.6 is 0 Å². The van der Waals surface area contributed by atoms with Crippen molar-refractivity contribution in [2.75, 3.05) is 31.6 Å². The van der Waals surface area contributed by atoms with Gasteiger partial charge < -0.3 is 15.0 Å². The molecule has 0 aromatic heterocycles. The summed E-state index contributed by atoms with van der Waals surface area (Å²) in [7, 11) is 0. The SMILES string of the molecule is CCCN(CCC)C(=O)COCC(=O)Nc1cccc(C)c1. The van der Waals surface area contributed by atoms with Gasteiger partial charge in [-0.2, -0.15) is 0 Å². The van der Waals surface area contributed by atoms with Gasteiger partial charge in [0.1, 0.15) is 13.2 Å². The normalized spacial score (nSPS) is 10.3. The zero-order valence-electron chi connectivity index (χ0n) is 13.7. The highest BCUT2D eigenvalue weighted by Crippen LogP contribution is 2.09.